The van der Waals surface area contributed by atoms with Crippen LogP contribution in [0.25, 0.3) is 0 Å². The molecule has 1 saturated heterocycles. The SMILES string of the molecule is Cc1c(Cl)cccc1N1C(=O)[C@@H]2C(c3ccc(Br)cc3)=NO[C@H]2C1=O. The lowest BCUT2D eigenvalue weighted by Gasteiger charge is -2.18. The summed E-state index contributed by atoms with van der Waals surface area (Å²) in [5.74, 6) is -1.51. The van der Waals surface area contributed by atoms with Gasteiger partial charge in [-0.3, -0.25) is 9.59 Å². The van der Waals surface area contributed by atoms with Gasteiger partial charge < -0.3 is 4.84 Å². The Kier molecular flexibility index (Phi) is 3.89. The van der Waals surface area contributed by atoms with Crippen molar-refractivity contribution < 1.29 is 14.4 Å². The Hall–Kier alpha value is -2.18. The molecule has 2 aliphatic rings. The number of halogens is 2. The molecule has 0 bridgehead atoms. The van der Waals surface area contributed by atoms with Crippen LogP contribution in [-0.2, 0) is 14.4 Å². The number of anilines is 1. The van der Waals surface area contributed by atoms with Crippen molar-refractivity contribution in [2.75, 3.05) is 4.90 Å². The molecule has 5 nitrogen and oxygen atoms in total. The first-order valence-corrected chi connectivity index (χ1v) is 8.78. The summed E-state index contributed by atoms with van der Waals surface area (Å²) in [5.41, 5.74) is 2.38. The second-order valence-corrected chi connectivity index (χ2v) is 7.21. The zero-order valence-electron chi connectivity index (χ0n) is 13.1. The van der Waals surface area contributed by atoms with Crippen LogP contribution in [0.4, 0.5) is 5.69 Å². The van der Waals surface area contributed by atoms with Crippen LogP contribution in [0.1, 0.15) is 11.1 Å². The van der Waals surface area contributed by atoms with Crippen molar-refractivity contribution in [1.82, 2.24) is 0 Å². The molecule has 25 heavy (non-hydrogen) atoms. The van der Waals surface area contributed by atoms with E-state index in [-0.39, 0.29) is 5.91 Å². The fourth-order valence-electron chi connectivity index (χ4n) is 3.11. The highest BCUT2D eigenvalue weighted by Crippen LogP contribution is 2.37. The monoisotopic (exact) mass is 418 g/mol. The summed E-state index contributed by atoms with van der Waals surface area (Å²) < 4.78 is 0.914. The first kappa shape index (κ1) is 16.3. The number of carbonyl (C=O) groups excluding carboxylic acids is 2. The zero-order valence-corrected chi connectivity index (χ0v) is 15.4. The Morgan fingerprint density at radius 3 is 2.56 bits per heavy atom. The topological polar surface area (TPSA) is 59.0 Å². The third-order valence-corrected chi connectivity index (χ3v) is 5.37. The predicted octanol–water partition coefficient (Wildman–Crippen LogP) is 3.70. The average Bonchev–Trinajstić information content (AvgIpc) is 3.13. The molecule has 2 aromatic rings. The molecule has 0 N–H and O–H groups in total. The minimum Gasteiger partial charge on any atom is -0.381 e. The van der Waals surface area contributed by atoms with Crippen molar-refractivity contribution in [2.24, 2.45) is 11.1 Å². The minimum atomic E-state index is -0.926. The number of oxime groups is 1. The Bertz CT molecular complexity index is 926. The quantitative estimate of drug-likeness (QED) is 0.697. The van der Waals surface area contributed by atoms with E-state index < -0.39 is 17.9 Å². The molecule has 2 aromatic carbocycles. The first-order valence-electron chi connectivity index (χ1n) is 7.61. The van der Waals surface area contributed by atoms with Gasteiger partial charge in [-0.25, -0.2) is 4.90 Å². The third kappa shape index (κ3) is 2.48. The van der Waals surface area contributed by atoms with Crippen molar-refractivity contribution >= 4 is 50.7 Å². The average molecular weight is 420 g/mol. The second-order valence-electron chi connectivity index (χ2n) is 5.88. The highest BCUT2D eigenvalue weighted by Gasteiger charge is 2.56. The van der Waals surface area contributed by atoms with Gasteiger partial charge in [-0.05, 0) is 36.8 Å². The summed E-state index contributed by atoms with van der Waals surface area (Å²) in [6, 6.07) is 12.5. The molecule has 2 amide bonds. The molecule has 0 saturated carbocycles. The van der Waals surface area contributed by atoms with Crippen LogP contribution in [0.15, 0.2) is 52.1 Å². The van der Waals surface area contributed by atoms with E-state index in [2.05, 4.69) is 21.1 Å². The van der Waals surface area contributed by atoms with Crippen molar-refractivity contribution in [2.45, 2.75) is 13.0 Å². The van der Waals surface area contributed by atoms with E-state index in [1.54, 1.807) is 25.1 Å². The van der Waals surface area contributed by atoms with Gasteiger partial charge in [0.15, 0.2) is 0 Å². The zero-order chi connectivity index (χ0) is 17.7. The summed E-state index contributed by atoms with van der Waals surface area (Å²) >= 11 is 9.51. The number of carbonyl (C=O) groups is 2. The summed E-state index contributed by atoms with van der Waals surface area (Å²) in [6.07, 6.45) is -0.926. The van der Waals surface area contributed by atoms with Gasteiger partial charge in [-0.2, -0.15) is 0 Å². The molecule has 4 rings (SSSR count). The summed E-state index contributed by atoms with van der Waals surface area (Å²) in [4.78, 5) is 32.2. The Morgan fingerprint density at radius 1 is 1.12 bits per heavy atom. The van der Waals surface area contributed by atoms with Gasteiger partial charge in [-0.15, -0.1) is 0 Å². The molecule has 0 spiro atoms. The fraction of sp³-hybridized carbons (Fsp3) is 0.167. The van der Waals surface area contributed by atoms with E-state index in [1.807, 2.05) is 24.3 Å². The Balaban J connectivity index is 1.73. The molecule has 0 unspecified atom stereocenters. The van der Waals surface area contributed by atoms with Crippen LogP contribution in [0.3, 0.4) is 0 Å². The van der Waals surface area contributed by atoms with Gasteiger partial charge in [0.05, 0.1) is 5.69 Å². The van der Waals surface area contributed by atoms with Gasteiger partial charge >= 0.3 is 0 Å². The normalized spacial score (nSPS) is 22.0. The summed E-state index contributed by atoms with van der Waals surface area (Å²) in [5, 5.41) is 4.49. The molecule has 2 heterocycles. The van der Waals surface area contributed by atoms with Crippen molar-refractivity contribution in [3.8, 4) is 0 Å². The molecule has 1 fully saturated rings. The number of amides is 2. The maximum atomic E-state index is 13.0. The number of nitrogens with zero attached hydrogens (tertiary/aromatic N) is 2. The maximum absolute atomic E-state index is 13.0. The number of hydrogen-bond acceptors (Lipinski definition) is 4. The van der Waals surface area contributed by atoms with E-state index in [1.165, 1.54) is 0 Å². The van der Waals surface area contributed by atoms with Crippen LogP contribution < -0.4 is 4.90 Å². The van der Waals surface area contributed by atoms with Gasteiger partial charge in [0.2, 0.25) is 12.0 Å². The second kappa shape index (κ2) is 5.97. The number of fused-ring (bicyclic) bond motifs is 1. The number of hydrogen-bond donors (Lipinski definition) is 0. The number of benzene rings is 2. The molecular formula is C18H12BrClN2O3. The van der Waals surface area contributed by atoms with Crippen LogP contribution >= 0.6 is 27.5 Å². The molecular weight excluding hydrogens is 408 g/mol. The van der Waals surface area contributed by atoms with Crippen molar-refractivity contribution in [1.29, 1.82) is 0 Å². The van der Waals surface area contributed by atoms with E-state index >= 15 is 0 Å². The predicted molar refractivity (Wildman–Crippen MR) is 97.7 cm³/mol. The van der Waals surface area contributed by atoms with Crippen LogP contribution in [0.5, 0.6) is 0 Å². The largest absolute Gasteiger partial charge is 0.381 e. The van der Waals surface area contributed by atoms with E-state index in [0.717, 1.165) is 14.9 Å². The van der Waals surface area contributed by atoms with Gasteiger partial charge in [-0.1, -0.05) is 50.9 Å². The molecule has 126 valence electrons. The third-order valence-electron chi connectivity index (χ3n) is 4.43. The highest BCUT2D eigenvalue weighted by molar-refractivity contribution is 9.10. The molecule has 7 heteroatoms. The smallest absolute Gasteiger partial charge is 0.278 e. The van der Waals surface area contributed by atoms with Gasteiger partial charge in [0.1, 0.15) is 11.6 Å². The molecule has 0 aromatic heterocycles. The van der Waals surface area contributed by atoms with Crippen LogP contribution in [0.2, 0.25) is 5.02 Å². The van der Waals surface area contributed by atoms with Crippen LogP contribution in [-0.4, -0.2) is 23.6 Å². The molecule has 2 aliphatic heterocycles. The molecule has 0 aliphatic carbocycles. The molecule has 2 atom stereocenters. The lowest BCUT2D eigenvalue weighted by molar-refractivity contribution is -0.126. The maximum Gasteiger partial charge on any atom is 0.278 e. The summed E-state index contributed by atoms with van der Waals surface area (Å²) in [7, 11) is 0. The number of rotatable bonds is 2. The van der Waals surface area contributed by atoms with E-state index in [4.69, 9.17) is 16.4 Å². The number of imide groups is 1. The minimum absolute atomic E-state index is 0.348. The van der Waals surface area contributed by atoms with E-state index in [0.29, 0.717) is 22.0 Å². The summed E-state index contributed by atoms with van der Waals surface area (Å²) in [6.45, 7) is 1.77. The Labute approximate surface area is 157 Å². The van der Waals surface area contributed by atoms with Crippen molar-refractivity contribution in [3.63, 3.8) is 0 Å². The molecule has 0 radical (unpaired) electrons. The Morgan fingerprint density at radius 2 is 1.84 bits per heavy atom. The highest BCUT2D eigenvalue weighted by atomic mass is 79.9. The van der Waals surface area contributed by atoms with Crippen LogP contribution in [0, 0.1) is 12.8 Å². The fourth-order valence-corrected chi connectivity index (χ4v) is 3.55. The van der Waals surface area contributed by atoms with Crippen molar-refractivity contribution in [3.05, 3.63) is 63.1 Å². The first-order chi connectivity index (χ1) is 12.0. The standard InChI is InChI=1S/C18H12BrClN2O3/c1-9-12(20)3-2-4-13(9)22-17(23)14-15(21-25-16(14)18(22)24)10-5-7-11(19)8-6-10/h2-8,14,16H,1H3/t14-,16-/m1/s1. The lowest BCUT2D eigenvalue weighted by atomic mass is 9.94. The van der Waals surface area contributed by atoms with Gasteiger partial charge in [0, 0.05) is 15.1 Å². The van der Waals surface area contributed by atoms with E-state index in [9.17, 15) is 9.59 Å². The lowest BCUT2D eigenvalue weighted by Crippen LogP contribution is -2.33. The van der Waals surface area contributed by atoms with Gasteiger partial charge in [0.25, 0.3) is 5.91 Å².